The van der Waals surface area contributed by atoms with E-state index < -0.39 is 0 Å². The molecule has 0 aliphatic heterocycles. The topological polar surface area (TPSA) is 61.8 Å². The zero-order valence-electron chi connectivity index (χ0n) is 12.8. The zero-order chi connectivity index (χ0) is 15.0. The summed E-state index contributed by atoms with van der Waals surface area (Å²) in [5.74, 6) is 0.323. The number of nitrogens with zero attached hydrogens (tertiary/aromatic N) is 2. The molecule has 0 radical (unpaired) electrons. The van der Waals surface area contributed by atoms with E-state index >= 15 is 0 Å². The summed E-state index contributed by atoms with van der Waals surface area (Å²) in [6, 6.07) is 4.30. The number of hydrogen-bond donors (Lipinski definition) is 2. The SMILES string of the molecule is CN(CCCCC(C)(C)/C(N)=N/O)CCc1cccs1. The lowest BCUT2D eigenvalue weighted by Crippen LogP contribution is -2.32. The molecular weight excluding hydrogens is 270 g/mol. The van der Waals surface area contributed by atoms with E-state index in [0.29, 0.717) is 5.84 Å². The molecule has 0 amide bonds. The average Bonchev–Trinajstić information content (AvgIpc) is 2.93. The van der Waals surface area contributed by atoms with Crippen molar-refractivity contribution in [3.63, 3.8) is 0 Å². The number of likely N-dealkylation sites (N-methyl/N-ethyl adjacent to an activating group) is 1. The lowest BCUT2D eigenvalue weighted by atomic mass is 9.86. The fourth-order valence-electron chi connectivity index (χ4n) is 2.08. The molecule has 5 heteroatoms. The third kappa shape index (κ3) is 5.92. The van der Waals surface area contributed by atoms with Crippen LogP contribution in [0.3, 0.4) is 0 Å². The molecule has 0 aliphatic rings. The first kappa shape index (κ1) is 17.0. The summed E-state index contributed by atoms with van der Waals surface area (Å²) in [4.78, 5) is 3.82. The van der Waals surface area contributed by atoms with Gasteiger partial charge in [-0.2, -0.15) is 0 Å². The van der Waals surface area contributed by atoms with E-state index in [1.165, 1.54) is 4.88 Å². The lowest BCUT2D eigenvalue weighted by Gasteiger charge is -2.23. The number of thiophene rings is 1. The Morgan fingerprint density at radius 2 is 2.15 bits per heavy atom. The number of nitrogens with two attached hydrogens (primary N) is 1. The molecule has 0 saturated heterocycles. The van der Waals surface area contributed by atoms with Crippen molar-refractivity contribution in [2.75, 3.05) is 20.1 Å². The smallest absolute Gasteiger partial charge is 0.144 e. The van der Waals surface area contributed by atoms with Gasteiger partial charge in [0.05, 0.1) is 0 Å². The Hall–Kier alpha value is -1.07. The first-order chi connectivity index (χ1) is 9.45. The first-order valence-electron chi connectivity index (χ1n) is 7.14. The van der Waals surface area contributed by atoms with Crippen molar-refractivity contribution in [3.8, 4) is 0 Å². The van der Waals surface area contributed by atoms with Crippen LogP contribution in [0.5, 0.6) is 0 Å². The second-order valence-electron chi connectivity index (χ2n) is 5.96. The maximum Gasteiger partial charge on any atom is 0.144 e. The minimum absolute atomic E-state index is 0.218. The molecular formula is C15H27N3OS. The fourth-order valence-corrected chi connectivity index (χ4v) is 2.78. The van der Waals surface area contributed by atoms with E-state index in [2.05, 4.69) is 34.6 Å². The van der Waals surface area contributed by atoms with Crippen molar-refractivity contribution in [2.45, 2.75) is 39.5 Å². The van der Waals surface area contributed by atoms with Crippen LogP contribution < -0.4 is 5.73 Å². The van der Waals surface area contributed by atoms with E-state index in [-0.39, 0.29) is 5.41 Å². The van der Waals surface area contributed by atoms with Gasteiger partial charge in [0.25, 0.3) is 0 Å². The summed E-state index contributed by atoms with van der Waals surface area (Å²) in [6.45, 7) is 6.23. The third-order valence-electron chi connectivity index (χ3n) is 3.71. The normalized spacial score (nSPS) is 13.1. The van der Waals surface area contributed by atoms with Gasteiger partial charge >= 0.3 is 0 Å². The van der Waals surface area contributed by atoms with Crippen LogP contribution in [0, 0.1) is 5.41 Å². The van der Waals surface area contributed by atoms with Gasteiger partial charge in [0.2, 0.25) is 0 Å². The van der Waals surface area contributed by atoms with Gasteiger partial charge in [0.1, 0.15) is 5.84 Å². The molecule has 114 valence electrons. The summed E-state index contributed by atoms with van der Waals surface area (Å²) >= 11 is 1.82. The Morgan fingerprint density at radius 1 is 1.40 bits per heavy atom. The molecule has 0 unspecified atom stereocenters. The van der Waals surface area contributed by atoms with Crippen molar-refractivity contribution >= 4 is 17.2 Å². The predicted molar refractivity (Wildman–Crippen MR) is 86.6 cm³/mol. The fraction of sp³-hybridized carbons (Fsp3) is 0.667. The van der Waals surface area contributed by atoms with Crippen LogP contribution in [-0.4, -0.2) is 36.1 Å². The molecule has 0 bridgehead atoms. The monoisotopic (exact) mass is 297 g/mol. The first-order valence-corrected chi connectivity index (χ1v) is 8.02. The average molecular weight is 297 g/mol. The number of unbranched alkanes of at least 4 members (excludes halogenated alkanes) is 1. The van der Waals surface area contributed by atoms with Crippen molar-refractivity contribution in [3.05, 3.63) is 22.4 Å². The number of amidine groups is 1. The minimum atomic E-state index is -0.218. The van der Waals surface area contributed by atoms with Gasteiger partial charge < -0.3 is 15.8 Å². The summed E-state index contributed by atoms with van der Waals surface area (Å²) in [5, 5.41) is 14.0. The highest BCUT2D eigenvalue weighted by molar-refractivity contribution is 7.09. The van der Waals surface area contributed by atoms with Crippen LogP contribution in [0.15, 0.2) is 22.7 Å². The van der Waals surface area contributed by atoms with Crippen LogP contribution in [0.25, 0.3) is 0 Å². The number of rotatable bonds is 9. The molecule has 0 fully saturated rings. The summed E-state index contributed by atoms with van der Waals surface area (Å²) in [5.41, 5.74) is 5.47. The molecule has 0 atom stereocenters. The van der Waals surface area contributed by atoms with Crippen LogP contribution in [0.1, 0.15) is 38.0 Å². The van der Waals surface area contributed by atoms with E-state index in [0.717, 1.165) is 38.8 Å². The maximum atomic E-state index is 8.73. The Morgan fingerprint density at radius 3 is 2.75 bits per heavy atom. The van der Waals surface area contributed by atoms with E-state index in [1.807, 2.05) is 25.2 Å². The Labute approximate surface area is 126 Å². The molecule has 3 N–H and O–H groups in total. The predicted octanol–water partition coefficient (Wildman–Crippen LogP) is 3.17. The van der Waals surface area contributed by atoms with Crippen LogP contribution in [-0.2, 0) is 6.42 Å². The van der Waals surface area contributed by atoms with E-state index in [4.69, 9.17) is 10.9 Å². The van der Waals surface area contributed by atoms with Gasteiger partial charge in [-0.05, 0) is 44.3 Å². The Kier molecular flexibility index (Phi) is 7.02. The summed E-state index contributed by atoms with van der Waals surface area (Å²) in [7, 11) is 2.17. The van der Waals surface area contributed by atoms with Crippen molar-refractivity contribution < 1.29 is 5.21 Å². The summed E-state index contributed by atoms with van der Waals surface area (Å²) < 4.78 is 0. The van der Waals surface area contributed by atoms with Gasteiger partial charge in [-0.3, -0.25) is 0 Å². The van der Waals surface area contributed by atoms with Crippen molar-refractivity contribution in [1.82, 2.24) is 4.90 Å². The minimum Gasteiger partial charge on any atom is -0.409 e. The maximum absolute atomic E-state index is 8.73. The molecule has 0 aliphatic carbocycles. The molecule has 0 spiro atoms. The molecule has 1 heterocycles. The summed E-state index contributed by atoms with van der Waals surface area (Å²) in [6.07, 6.45) is 4.31. The van der Waals surface area contributed by atoms with Gasteiger partial charge in [0.15, 0.2) is 0 Å². The number of oxime groups is 1. The molecule has 1 aromatic rings. The molecule has 0 saturated carbocycles. The zero-order valence-corrected chi connectivity index (χ0v) is 13.6. The molecule has 0 aromatic carbocycles. The number of hydrogen-bond acceptors (Lipinski definition) is 4. The van der Waals surface area contributed by atoms with Crippen molar-refractivity contribution in [1.29, 1.82) is 0 Å². The largest absolute Gasteiger partial charge is 0.409 e. The lowest BCUT2D eigenvalue weighted by molar-refractivity contribution is 0.298. The highest BCUT2D eigenvalue weighted by Crippen LogP contribution is 2.23. The van der Waals surface area contributed by atoms with Crippen LogP contribution in [0.2, 0.25) is 0 Å². The third-order valence-corrected chi connectivity index (χ3v) is 4.65. The Balaban J connectivity index is 2.14. The van der Waals surface area contributed by atoms with Gasteiger partial charge in [0, 0.05) is 16.8 Å². The van der Waals surface area contributed by atoms with Gasteiger partial charge in [-0.1, -0.05) is 31.5 Å². The molecule has 1 rings (SSSR count). The van der Waals surface area contributed by atoms with Gasteiger partial charge in [-0.15, -0.1) is 11.3 Å². The standard InChI is InChI=1S/C15H27N3OS/c1-15(2,14(16)17-19)9-4-5-10-18(3)11-8-13-7-6-12-20-13/h6-7,12,19H,4-5,8-11H2,1-3H3,(H2,16,17). The van der Waals surface area contributed by atoms with Crippen LogP contribution in [0.4, 0.5) is 0 Å². The second-order valence-corrected chi connectivity index (χ2v) is 6.99. The van der Waals surface area contributed by atoms with E-state index in [1.54, 1.807) is 0 Å². The van der Waals surface area contributed by atoms with Crippen molar-refractivity contribution in [2.24, 2.45) is 16.3 Å². The van der Waals surface area contributed by atoms with E-state index in [9.17, 15) is 0 Å². The van der Waals surface area contributed by atoms with Gasteiger partial charge in [-0.25, -0.2) is 0 Å². The quantitative estimate of drug-likeness (QED) is 0.242. The molecule has 1 aromatic heterocycles. The Bertz CT molecular complexity index is 401. The molecule has 4 nitrogen and oxygen atoms in total. The molecule has 20 heavy (non-hydrogen) atoms. The second kappa shape index (κ2) is 8.27. The highest BCUT2D eigenvalue weighted by atomic mass is 32.1. The highest BCUT2D eigenvalue weighted by Gasteiger charge is 2.22. The van der Waals surface area contributed by atoms with Crippen LogP contribution >= 0.6 is 11.3 Å².